The van der Waals surface area contributed by atoms with Crippen LogP contribution in [0.3, 0.4) is 0 Å². The molecule has 2 aromatic heterocycles. The number of thiophene rings is 1. The Labute approximate surface area is 123 Å². The van der Waals surface area contributed by atoms with Gasteiger partial charge in [-0.05, 0) is 29.1 Å². The van der Waals surface area contributed by atoms with Gasteiger partial charge in [0.25, 0.3) is 5.56 Å². The molecule has 0 aliphatic heterocycles. The normalized spacial score (nSPS) is 11.1. The van der Waals surface area contributed by atoms with Gasteiger partial charge in [0.2, 0.25) is 0 Å². The molecule has 3 rings (SSSR count). The van der Waals surface area contributed by atoms with Crippen molar-refractivity contribution in [3.05, 3.63) is 57.4 Å². The molecule has 102 valence electrons. The van der Waals surface area contributed by atoms with Gasteiger partial charge in [0, 0.05) is 12.8 Å². The lowest BCUT2D eigenvalue weighted by Gasteiger charge is -2.06. The van der Waals surface area contributed by atoms with Crippen molar-refractivity contribution in [2.75, 3.05) is 0 Å². The van der Waals surface area contributed by atoms with E-state index in [2.05, 4.69) is 4.98 Å². The Morgan fingerprint density at radius 3 is 2.80 bits per heavy atom. The Kier molecular flexibility index (Phi) is 3.58. The van der Waals surface area contributed by atoms with Gasteiger partial charge in [-0.25, -0.2) is 9.37 Å². The highest BCUT2D eigenvalue weighted by atomic mass is 32.2. The molecule has 0 unspecified atom stereocenters. The summed E-state index contributed by atoms with van der Waals surface area (Å²) in [6, 6.07) is 8.15. The number of fused-ring (bicyclic) bond motifs is 1. The van der Waals surface area contributed by atoms with Crippen LogP contribution in [0.2, 0.25) is 0 Å². The van der Waals surface area contributed by atoms with E-state index in [1.54, 1.807) is 29.8 Å². The van der Waals surface area contributed by atoms with Crippen molar-refractivity contribution in [3.8, 4) is 0 Å². The third kappa shape index (κ3) is 2.48. The predicted molar refractivity (Wildman–Crippen MR) is 80.8 cm³/mol. The van der Waals surface area contributed by atoms with E-state index in [0.717, 1.165) is 10.4 Å². The second kappa shape index (κ2) is 5.38. The van der Waals surface area contributed by atoms with Crippen LogP contribution in [0.4, 0.5) is 4.39 Å². The topological polar surface area (TPSA) is 34.9 Å². The summed E-state index contributed by atoms with van der Waals surface area (Å²) in [6.07, 6.45) is 0. The summed E-state index contributed by atoms with van der Waals surface area (Å²) in [7, 11) is 1.72. The molecular weight excluding hydrogens is 295 g/mol. The molecule has 20 heavy (non-hydrogen) atoms. The molecule has 2 heterocycles. The Morgan fingerprint density at radius 1 is 1.30 bits per heavy atom. The molecule has 0 saturated carbocycles. The van der Waals surface area contributed by atoms with Crippen molar-refractivity contribution in [1.29, 1.82) is 0 Å². The highest BCUT2D eigenvalue weighted by molar-refractivity contribution is 7.98. The van der Waals surface area contributed by atoms with Crippen LogP contribution in [0.5, 0.6) is 0 Å². The minimum absolute atomic E-state index is 0.0298. The van der Waals surface area contributed by atoms with Crippen LogP contribution in [-0.2, 0) is 12.8 Å². The maximum Gasteiger partial charge on any atom is 0.262 e. The van der Waals surface area contributed by atoms with Crippen LogP contribution in [0.1, 0.15) is 5.56 Å². The highest BCUT2D eigenvalue weighted by Gasteiger charge is 2.09. The second-order valence-electron chi connectivity index (χ2n) is 4.31. The van der Waals surface area contributed by atoms with Crippen LogP contribution < -0.4 is 5.56 Å². The smallest absolute Gasteiger partial charge is 0.262 e. The lowest BCUT2D eigenvalue weighted by atomic mass is 10.2. The zero-order chi connectivity index (χ0) is 14.1. The Balaban J connectivity index is 1.89. The Hall–Kier alpha value is -1.66. The van der Waals surface area contributed by atoms with E-state index in [-0.39, 0.29) is 11.4 Å². The van der Waals surface area contributed by atoms with Gasteiger partial charge in [-0.15, -0.1) is 11.3 Å². The largest absolute Gasteiger partial charge is 0.290 e. The molecule has 6 heteroatoms. The quantitative estimate of drug-likeness (QED) is 0.549. The molecule has 0 radical (unpaired) electrons. The monoisotopic (exact) mass is 306 g/mol. The van der Waals surface area contributed by atoms with Crippen molar-refractivity contribution in [2.24, 2.45) is 7.05 Å². The fourth-order valence-corrected chi connectivity index (χ4v) is 3.57. The first kappa shape index (κ1) is 13.3. The number of nitrogens with zero attached hydrogens (tertiary/aromatic N) is 2. The van der Waals surface area contributed by atoms with Crippen molar-refractivity contribution in [1.82, 2.24) is 9.55 Å². The van der Waals surface area contributed by atoms with Crippen molar-refractivity contribution in [2.45, 2.75) is 10.9 Å². The molecule has 0 amide bonds. The molecule has 3 aromatic rings. The number of thioether (sulfide) groups is 1. The molecular formula is C14H11FN2OS2. The van der Waals surface area contributed by atoms with E-state index in [4.69, 9.17) is 0 Å². The van der Waals surface area contributed by atoms with E-state index in [9.17, 15) is 9.18 Å². The average Bonchev–Trinajstić information content (AvgIpc) is 2.91. The third-order valence-electron chi connectivity index (χ3n) is 2.95. The summed E-state index contributed by atoms with van der Waals surface area (Å²) in [6.45, 7) is 0. The van der Waals surface area contributed by atoms with Gasteiger partial charge in [0.15, 0.2) is 5.16 Å². The zero-order valence-electron chi connectivity index (χ0n) is 10.7. The minimum atomic E-state index is -0.246. The van der Waals surface area contributed by atoms with Crippen LogP contribution in [0.15, 0.2) is 45.7 Å². The Morgan fingerprint density at radius 2 is 2.05 bits per heavy atom. The lowest BCUT2D eigenvalue weighted by Crippen LogP contribution is -2.19. The number of aromatic nitrogens is 2. The van der Waals surface area contributed by atoms with Gasteiger partial charge in [0.1, 0.15) is 10.6 Å². The maximum atomic E-state index is 12.8. The van der Waals surface area contributed by atoms with E-state index in [1.165, 1.54) is 35.2 Å². The van der Waals surface area contributed by atoms with E-state index in [1.807, 2.05) is 5.38 Å². The predicted octanol–water partition coefficient (Wildman–Crippen LogP) is 3.43. The molecule has 0 atom stereocenters. The molecule has 0 saturated heterocycles. The summed E-state index contributed by atoms with van der Waals surface area (Å²) < 4.78 is 14.4. The Bertz CT molecular complexity index is 808. The molecule has 0 aliphatic carbocycles. The molecule has 1 aromatic carbocycles. The van der Waals surface area contributed by atoms with Crippen LogP contribution in [0, 0.1) is 5.82 Å². The summed E-state index contributed by atoms with van der Waals surface area (Å²) in [5.74, 6) is 0.404. The van der Waals surface area contributed by atoms with Gasteiger partial charge >= 0.3 is 0 Å². The van der Waals surface area contributed by atoms with E-state index >= 15 is 0 Å². The number of rotatable bonds is 3. The second-order valence-corrected chi connectivity index (χ2v) is 6.15. The number of hydrogen-bond acceptors (Lipinski definition) is 4. The first-order valence-electron chi connectivity index (χ1n) is 5.96. The van der Waals surface area contributed by atoms with Gasteiger partial charge in [-0.3, -0.25) is 9.36 Å². The SMILES string of the molecule is Cn1c(SCc2ccc(F)cc2)nc2sccc2c1=O. The molecule has 0 spiro atoms. The van der Waals surface area contributed by atoms with Crippen molar-refractivity contribution in [3.63, 3.8) is 0 Å². The first-order chi connectivity index (χ1) is 9.65. The molecule has 0 N–H and O–H groups in total. The molecule has 0 bridgehead atoms. The van der Waals surface area contributed by atoms with Crippen molar-refractivity contribution < 1.29 is 4.39 Å². The van der Waals surface area contributed by atoms with Crippen LogP contribution in [-0.4, -0.2) is 9.55 Å². The van der Waals surface area contributed by atoms with Gasteiger partial charge in [0.05, 0.1) is 5.39 Å². The van der Waals surface area contributed by atoms with Crippen LogP contribution in [0.25, 0.3) is 10.2 Å². The average molecular weight is 306 g/mol. The number of halogens is 1. The zero-order valence-corrected chi connectivity index (χ0v) is 12.3. The minimum Gasteiger partial charge on any atom is -0.290 e. The number of hydrogen-bond donors (Lipinski definition) is 0. The molecule has 0 aliphatic rings. The third-order valence-corrected chi connectivity index (χ3v) is 4.85. The molecule has 3 nitrogen and oxygen atoms in total. The summed E-state index contributed by atoms with van der Waals surface area (Å²) in [5.41, 5.74) is 0.967. The first-order valence-corrected chi connectivity index (χ1v) is 7.83. The fraction of sp³-hybridized carbons (Fsp3) is 0.143. The van der Waals surface area contributed by atoms with Gasteiger partial charge in [-0.1, -0.05) is 23.9 Å². The van der Waals surface area contributed by atoms with Crippen molar-refractivity contribution >= 4 is 33.3 Å². The summed E-state index contributed by atoms with van der Waals surface area (Å²) in [4.78, 5) is 17.4. The van der Waals surface area contributed by atoms with Crippen LogP contribution >= 0.6 is 23.1 Å². The fourth-order valence-electron chi connectivity index (χ4n) is 1.84. The standard InChI is InChI=1S/C14H11FN2OS2/c1-17-13(18)11-6-7-19-12(11)16-14(17)20-8-9-2-4-10(15)5-3-9/h2-7H,8H2,1H3. The summed E-state index contributed by atoms with van der Waals surface area (Å²) >= 11 is 2.94. The van der Waals surface area contributed by atoms with E-state index < -0.39 is 0 Å². The van der Waals surface area contributed by atoms with E-state index in [0.29, 0.717) is 16.3 Å². The van der Waals surface area contributed by atoms with Gasteiger partial charge < -0.3 is 0 Å². The van der Waals surface area contributed by atoms with Gasteiger partial charge in [-0.2, -0.15) is 0 Å². The highest BCUT2D eigenvalue weighted by Crippen LogP contribution is 2.23. The summed E-state index contributed by atoms with van der Waals surface area (Å²) in [5, 5.41) is 3.20. The maximum absolute atomic E-state index is 12.8. The number of benzene rings is 1. The molecule has 0 fully saturated rings. The lowest BCUT2D eigenvalue weighted by molar-refractivity contribution is 0.627.